The molecule has 8 heteroatoms. The summed E-state index contributed by atoms with van der Waals surface area (Å²) in [4.78, 5) is 10.7. The number of nitro benzene ring substituents is 1. The van der Waals surface area contributed by atoms with Crippen molar-refractivity contribution in [1.29, 1.82) is 0 Å². The minimum Gasteiger partial charge on any atom is -0.492 e. The van der Waals surface area contributed by atoms with E-state index in [1.807, 2.05) is 0 Å². The van der Waals surface area contributed by atoms with Gasteiger partial charge in [-0.25, -0.2) is 0 Å². The predicted octanol–water partition coefficient (Wildman–Crippen LogP) is 1.91. The summed E-state index contributed by atoms with van der Waals surface area (Å²) in [5.41, 5.74) is -0.117. The second-order valence-electron chi connectivity index (χ2n) is 3.64. The molecule has 1 aromatic rings. The standard InChI is InChI=1S/C12H17NO7/c1-16-8-6-7(13(14)15)9(12(19-4)20-5)11(18-3)10(8)17-2/h6,12H,1-5H3. The first-order valence-electron chi connectivity index (χ1n) is 5.58. The summed E-state index contributed by atoms with van der Waals surface area (Å²) in [6.07, 6.45) is -0.967. The third-order valence-electron chi connectivity index (χ3n) is 2.71. The van der Waals surface area contributed by atoms with Gasteiger partial charge in [-0.1, -0.05) is 0 Å². The van der Waals surface area contributed by atoms with Crippen molar-refractivity contribution >= 4 is 5.69 Å². The zero-order chi connectivity index (χ0) is 15.3. The van der Waals surface area contributed by atoms with Crippen molar-refractivity contribution in [1.82, 2.24) is 0 Å². The van der Waals surface area contributed by atoms with Crippen LogP contribution >= 0.6 is 0 Å². The van der Waals surface area contributed by atoms with E-state index in [0.29, 0.717) is 0 Å². The van der Waals surface area contributed by atoms with Crippen LogP contribution in [0.4, 0.5) is 5.69 Å². The Balaban J connectivity index is 3.70. The van der Waals surface area contributed by atoms with Crippen LogP contribution in [0.3, 0.4) is 0 Å². The summed E-state index contributed by atoms with van der Waals surface area (Å²) >= 11 is 0. The molecular weight excluding hydrogens is 270 g/mol. The van der Waals surface area contributed by atoms with E-state index in [-0.39, 0.29) is 28.5 Å². The molecule has 8 nitrogen and oxygen atoms in total. The van der Waals surface area contributed by atoms with Gasteiger partial charge in [0.2, 0.25) is 5.75 Å². The van der Waals surface area contributed by atoms with Crippen LogP contribution in [-0.4, -0.2) is 40.5 Å². The van der Waals surface area contributed by atoms with Gasteiger partial charge >= 0.3 is 0 Å². The Labute approximate surface area is 116 Å². The average molecular weight is 287 g/mol. The topological polar surface area (TPSA) is 89.3 Å². The molecule has 0 aliphatic carbocycles. The number of ether oxygens (including phenoxy) is 5. The largest absolute Gasteiger partial charge is 0.492 e. The maximum Gasteiger partial charge on any atom is 0.285 e. The number of nitrogens with zero attached hydrogens (tertiary/aromatic N) is 1. The lowest BCUT2D eigenvalue weighted by Crippen LogP contribution is -2.10. The monoisotopic (exact) mass is 287 g/mol. The molecule has 0 bridgehead atoms. The Hall–Kier alpha value is -2.06. The fourth-order valence-electron chi connectivity index (χ4n) is 1.88. The van der Waals surface area contributed by atoms with Crippen molar-refractivity contribution in [2.45, 2.75) is 6.29 Å². The van der Waals surface area contributed by atoms with Crippen molar-refractivity contribution in [3.05, 3.63) is 21.7 Å². The summed E-state index contributed by atoms with van der Waals surface area (Å²) in [6, 6.07) is 1.24. The molecule has 0 radical (unpaired) electrons. The number of rotatable bonds is 7. The lowest BCUT2D eigenvalue weighted by atomic mass is 10.1. The highest BCUT2D eigenvalue weighted by molar-refractivity contribution is 5.64. The molecule has 1 aromatic carbocycles. The molecule has 0 saturated heterocycles. The van der Waals surface area contributed by atoms with Gasteiger partial charge in [0.05, 0.1) is 32.3 Å². The fourth-order valence-corrected chi connectivity index (χ4v) is 1.88. The molecule has 0 heterocycles. The number of hydrogen-bond donors (Lipinski definition) is 0. The number of nitro groups is 1. The zero-order valence-corrected chi connectivity index (χ0v) is 12.0. The van der Waals surface area contributed by atoms with Crippen molar-refractivity contribution < 1.29 is 28.6 Å². The van der Waals surface area contributed by atoms with E-state index in [1.54, 1.807) is 0 Å². The van der Waals surface area contributed by atoms with Gasteiger partial charge in [-0.05, 0) is 0 Å². The summed E-state index contributed by atoms with van der Waals surface area (Å²) in [6.45, 7) is 0. The number of hydrogen-bond acceptors (Lipinski definition) is 7. The van der Waals surface area contributed by atoms with E-state index in [2.05, 4.69) is 0 Å². The Bertz CT molecular complexity index is 485. The molecule has 112 valence electrons. The first-order valence-corrected chi connectivity index (χ1v) is 5.58. The van der Waals surface area contributed by atoms with E-state index in [4.69, 9.17) is 23.7 Å². The van der Waals surface area contributed by atoms with Gasteiger partial charge < -0.3 is 23.7 Å². The number of methoxy groups -OCH3 is 5. The van der Waals surface area contributed by atoms with Gasteiger partial charge in [0, 0.05) is 14.2 Å². The summed E-state index contributed by atoms with van der Waals surface area (Å²) in [7, 11) is 6.89. The van der Waals surface area contributed by atoms with E-state index >= 15 is 0 Å². The van der Waals surface area contributed by atoms with Crippen molar-refractivity contribution in [2.75, 3.05) is 35.5 Å². The van der Waals surface area contributed by atoms with Crippen molar-refractivity contribution in [3.8, 4) is 17.2 Å². The normalized spacial score (nSPS) is 10.5. The van der Waals surface area contributed by atoms with Gasteiger partial charge in [0.25, 0.3) is 5.69 Å². The molecule has 1 rings (SSSR count). The first kappa shape index (κ1) is 16.0. The van der Waals surface area contributed by atoms with Gasteiger partial charge in [-0.3, -0.25) is 10.1 Å². The van der Waals surface area contributed by atoms with Crippen LogP contribution in [0.25, 0.3) is 0 Å². The molecule has 0 aliphatic rings. The van der Waals surface area contributed by atoms with Crippen LogP contribution in [0.1, 0.15) is 11.9 Å². The van der Waals surface area contributed by atoms with E-state index in [9.17, 15) is 10.1 Å². The van der Waals surface area contributed by atoms with E-state index < -0.39 is 11.2 Å². The van der Waals surface area contributed by atoms with Crippen molar-refractivity contribution in [2.24, 2.45) is 0 Å². The highest BCUT2D eigenvalue weighted by Crippen LogP contribution is 2.48. The van der Waals surface area contributed by atoms with Crippen molar-refractivity contribution in [3.63, 3.8) is 0 Å². The molecular formula is C12H17NO7. The van der Waals surface area contributed by atoms with Crippen LogP contribution in [-0.2, 0) is 9.47 Å². The molecule has 0 aliphatic heterocycles. The van der Waals surface area contributed by atoms with Gasteiger partial charge in [-0.2, -0.15) is 0 Å². The molecule has 0 fully saturated rings. The summed E-state index contributed by atoms with van der Waals surface area (Å²) in [5.74, 6) is 0.549. The quantitative estimate of drug-likeness (QED) is 0.430. The zero-order valence-electron chi connectivity index (χ0n) is 12.0. The Kier molecular flexibility index (Phi) is 5.53. The van der Waals surface area contributed by atoms with Crippen LogP contribution in [0, 0.1) is 10.1 Å². The Morgan fingerprint density at radius 2 is 1.55 bits per heavy atom. The highest BCUT2D eigenvalue weighted by atomic mass is 16.7. The van der Waals surface area contributed by atoms with Gasteiger partial charge in [0.15, 0.2) is 17.8 Å². The van der Waals surface area contributed by atoms with Crippen LogP contribution < -0.4 is 14.2 Å². The molecule has 0 N–H and O–H groups in total. The first-order chi connectivity index (χ1) is 9.55. The van der Waals surface area contributed by atoms with E-state index in [0.717, 1.165) is 0 Å². The van der Waals surface area contributed by atoms with Crippen LogP contribution in [0.15, 0.2) is 6.07 Å². The highest BCUT2D eigenvalue weighted by Gasteiger charge is 2.32. The molecule has 0 saturated carbocycles. The lowest BCUT2D eigenvalue weighted by Gasteiger charge is -2.20. The second kappa shape index (κ2) is 6.92. The summed E-state index contributed by atoms with van der Waals surface area (Å²) in [5, 5.41) is 11.2. The minimum atomic E-state index is -0.967. The molecule has 0 unspecified atom stereocenters. The predicted molar refractivity (Wildman–Crippen MR) is 69.5 cm³/mol. The maximum atomic E-state index is 11.2. The molecule has 0 aromatic heterocycles. The molecule has 0 spiro atoms. The fraction of sp³-hybridized carbons (Fsp3) is 0.500. The molecule has 0 atom stereocenters. The van der Waals surface area contributed by atoms with Gasteiger partial charge in [-0.15, -0.1) is 0 Å². The smallest absolute Gasteiger partial charge is 0.285 e. The molecule has 0 amide bonds. The Morgan fingerprint density at radius 3 is 1.90 bits per heavy atom. The SMILES string of the molecule is COc1cc([N+](=O)[O-])c(C(OC)OC)c(OC)c1OC. The van der Waals surface area contributed by atoms with Crippen LogP contribution in [0.2, 0.25) is 0 Å². The summed E-state index contributed by atoms with van der Waals surface area (Å²) < 4.78 is 25.7. The third kappa shape index (κ3) is 2.75. The van der Waals surface area contributed by atoms with Crippen LogP contribution in [0.5, 0.6) is 17.2 Å². The lowest BCUT2D eigenvalue weighted by molar-refractivity contribution is -0.387. The third-order valence-corrected chi connectivity index (χ3v) is 2.71. The van der Waals surface area contributed by atoms with E-state index in [1.165, 1.54) is 41.6 Å². The number of benzene rings is 1. The van der Waals surface area contributed by atoms with Gasteiger partial charge in [0.1, 0.15) is 5.56 Å². The Morgan fingerprint density at radius 1 is 1.00 bits per heavy atom. The molecule has 20 heavy (non-hydrogen) atoms. The maximum absolute atomic E-state index is 11.2. The minimum absolute atomic E-state index is 0.125. The second-order valence-corrected chi connectivity index (χ2v) is 3.64. The average Bonchev–Trinajstić information content (AvgIpc) is 2.46.